The molecule has 6 rings (SSSR count). The second-order valence-corrected chi connectivity index (χ2v) is 17.8. The van der Waals surface area contributed by atoms with Gasteiger partial charge in [0, 0.05) is 16.2 Å². The van der Waals surface area contributed by atoms with Crippen molar-refractivity contribution in [1.29, 1.82) is 0 Å². The zero-order valence-electron chi connectivity index (χ0n) is 36.0. The van der Waals surface area contributed by atoms with E-state index in [0.717, 1.165) is 50.6 Å². The number of ether oxygens (including phenoxy) is 3. The normalized spacial score (nSPS) is 12.3. The summed E-state index contributed by atoms with van der Waals surface area (Å²) in [5.74, 6) is 2.41. The summed E-state index contributed by atoms with van der Waals surface area (Å²) in [4.78, 5) is 27.5. The van der Waals surface area contributed by atoms with Gasteiger partial charge in [-0.05, 0) is 126 Å². The number of carbonyl (C=O) groups excluding carboxylic acids is 2. The number of hydrogen-bond acceptors (Lipinski definition) is 8. The fraction of sp³-hybridized carbons (Fsp3) is 0.240. The molecule has 0 fully saturated rings. The second kappa shape index (κ2) is 19.6. The van der Waals surface area contributed by atoms with Crippen LogP contribution in [-0.4, -0.2) is 32.1 Å². The minimum Gasteiger partial charge on any atom is -0.477 e. The SMILES string of the molecule is CPOc1ccc(C(C)(C)c2ccc(OC(=O)Oc3ccc(C(C)(C)c4ccc(OPC)cc4)cc3C(=O)Oc3ccc(C(C)(C)c4ccc(OPC)cc4)cc3)cc2)cc1. The maximum Gasteiger partial charge on any atom is 0.519 e. The molecule has 0 amide bonds. The van der Waals surface area contributed by atoms with Crippen molar-refractivity contribution in [3.05, 3.63) is 178 Å². The smallest absolute Gasteiger partial charge is 0.477 e. The molecule has 0 saturated heterocycles. The first-order valence-electron chi connectivity index (χ1n) is 20.0. The summed E-state index contributed by atoms with van der Waals surface area (Å²) in [6.45, 7) is 18.6. The molecule has 11 heteroatoms. The van der Waals surface area contributed by atoms with Crippen molar-refractivity contribution < 1.29 is 37.4 Å². The highest BCUT2D eigenvalue weighted by Crippen LogP contribution is 2.38. The van der Waals surface area contributed by atoms with E-state index in [1.807, 2.05) is 98.9 Å². The molecule has 316 valence electrons. The predicted octanol–water partition coefficient (Wildman–Crippen LogP) is 13.3. The second-order valence-electron chi connectivity index (χ2n) is 16.0. The Labute approximate surface area is 365 Å². The molecular formula is C50H53O8P3. The minimum absolute atomic E-state index is 0.00445. The van der Waals surface area contributed by atoms with E-state index in [1.54, 1.807) is 36.4 Å². The van der Waals surface area contributed by atoms with Crippen molar-refractivity contribution in [2.75, 3.05) is 20.0 Å². The van der Waals surface area contributed by atoms with E-state index in [9.17, 15) is 9.59 Å². The average molecular weight is 875 g/mol. The molecule has 6 aromatic rings. The van der Waals surface area contributed by atoms with Gasteiger partial charge in [0.15, 0.2) is 0 Å². The van der Waals surface area contributed by atoms with Gasteiger partial charge in [0.1, 0.15) is 40.1 Å². The van der Waals surface area contributed by atoms with Crippen LogP contribution in [0.1, 0.15) is 85.3 Å². The van der Waals surface area contributed by atoms with Crippen LogP contribution < -0.4 is 27.8 Å². The summed E-state index contributed by atoms with van der Waals surface area (Å²) < 4.78 is 34.4. The van der Waals surface area contributed by atoms with E-state index in [2.05, 4.69) is 65.8 Å². The molecule has 0 aromatic heterocycles. The fourth-order valence-electron chi connectivity index (χ4n) is 7.09. The quantitative estimate of drug-likeness (QED) is 0.0411. The van der Waals surface area contributed by atoms with Crippen LogP contribution in [0.25, 0.3) is 0 Å². The highest BCUT2D eigenvalue weighted by molar-refractivity contribution is 7.32. The van der Waals surface area contributed by atoms with E-state index in [4.69, 9.17) is 27.8 Å². The van der Waals surface area contributed by atoms with E-state index >= 15 is 0 Å². The molecule has 8 nitrogen and oxygen atoms in total. The highest BCUT2D eigenvalue weighted by atomic mass is 31.1. The summed E-state index contributed by atoms with van der Waals surface area (Å²) >= 11 is 0. The van der Waals surface area contributed by atoms with Crippen LogP contribution in [0.2, 0.25) is 0 Å². The predicted molar refractivity (Wildman–Crippen MR) is 251 cm³/mol. The first-order valence-corrected chi connectivity index (χ1v) is 24.2. The molecule has 0 heterocycles. The molecule has 0 aliphatic rings. The van der Waals surface area contributed by atoms with E-state index in [-0.39, 0.29) is 22.1 Å². The van der Waals surface area contributed by atoms with Gasteiger partial charge in [-0.25, -0.2) is 9.59 Å². The lowest BCUT2D eigenvalue weighted by Crippen LogP contribution is -2.22. The van der Waals surface area contributed by atoms with Crippen molar-refractivity contribution in [2.24, 2.45) is 0 Å². The zero-order chi connectivity index (χ0) is 43.8. The van der Waals surface area contributed by atoms with E-state index < -0.39 is 17.5 Å². The average Bonchev–Trinajstić information content (AvgIpc) is 3.25. The summed E-state index contributed by atoms with van der Waals surface area (Å²) in [6.07, 6.45) is -0.992. The van der Waals surface area contributed by atoms with Crippen LogP contribution in [0, 0.1) is 0 Å². The van der Waals surface area contributed by atoms with Crippen molar-refractivity contribution in [3.63, 3.8) is 0 Å². The molecule has 0 aliphatic heterocycles. The third kappa shape index (κ3) is 10.8. The summed E-state index contributed by atoms with van der Waals surface area (Å²) in [5, 5.41) is 0. The first kappa shape index (κ1) is 45.3. The Morgan fingerprint density at radius 2 is 0.672 bits per heavy atom. The Morgan fingerprint density at radius 3 is 1.02 bits per heavy atom. The lowest BCUT2D eigenvalue weighted by Gasteiger charge is -2.27. The molecule has 0 spiro atoms. The van der Waals surface area contributed by atoms with Gasteiger partial charge in [-0.2, -0.15) is 0 Å². The number of esters is 1. The monoisotopic (exact) mass is 874 g/mol. The lowest BCUT2D eigenvalue weighted by atomic mass is 9.77. The third-order valence-electron chi connectivity index (χ3n) is 11.1. The highest BCUT2D eigenvalue weighted by Gasteiger charge is 2.29. The van der Waals surface area contributed by atoms with E-state index in [1.165, 1.54) is 0 Å². The molecule has 3 unspecified atom stereocenters. The summed E-state index contributed by atoms with van der Waals surface area (Å²) in [7, 11) is 1.07. The Bertz CT molecular complexity index is 2410. The van der Waals surface area contributed by atoms with Gasteiger partial charge >= 0.3 is 12.1 Å². The molecular weight excluding hydrogens is 821 g/mol. The van der Waals surface area contributed by atoms with Gasteiger partial charge in [0.25, 0.3) is 0 Å². The van der Waals surface area contributed by atoms with Gasteiger partial charge in [-0.3, -0.25) is 0 Å². The van der Waals surface area contributed by atoms with Crippen molar-refractivity contribution in [3.8, 4) is 34.5 Å². The lowest BCUT2D eigenvalue weighted by molar-refractivity contribution is 0.0730. The molecule has 3 atom stereocenters. The van der Waals surface area contributed by atoms with Crippen molar-refractivity contribution >= 4 is 38.5 Å². The Hall–Kier alpha value is -5.25. The minimum atomic E-state index is -0.992. The van der Waals surface area contributed by atoms with Crippen LogP contribution in [-0.2, 0) is 16.2 Å². The maximum atomic E-state index is 14.1. The van der Waals surface area contributed by atoms with Crippen molar-refractivity contribution in [1.82, 2.24) is 0 Å². The van der Waals surface area contributed by atoms with Crippen molar-refractivity contribution in [2.45, 2.75) is 57.8 Å². The zero-order valence-corrected chi connectivity index (χ0v) is 39.0. The Kier molecular flexibility index (Phi) is 14.6. The molecule has 0 N–H and O–H groups in total. The molecule has 0 bridgehead atoms. The van der Waals surface area contributed by atoms with Gasteiger partial charge in [0.2, 0.25) is 0 Å². The first-order chi connectivity index (χ1) is 29.1. The number of carbonyl (C=O) groups is 2. The largest absolute Gasteiger partial charge is 0.519 e. The van der Waals surface area contributed by atoms with Crippen LogP contribution in [0.15, 0.2) is 140 Å². The summed E-state index contributed by atoms with van der Waals surface area (Å²) in [6, 6.07) is 44.0. The van der Waals surface area contributed by atoms with Gasteiger partial charge < -0.3 is 27.8 Å². The number of benzene rings is 6. The molecule has 61 heavy (non-hydrogen) atoms. The fourth-order valence-corrected chi connectivity index (χ4v) is 8.20. The van der Waals surface area contributed by atoms with Gasteiger partial charge in [-0.15, -0.1) is 0 Å². The summed E-state index contributed by atoms with van der Waals surface area (Å²) in [5.41, 5.74) is 5.00. The van der Waals surface area contributed by atoms with Crippen LogP contribution >= 0.6 is 26.4 Å². The maximum absolute atomic E-state index is 14.1. The van der Waals surface area contributed by atoms with Gasteiger partial charge in [-0.1, -0.05) is 108 Å². The Balaban J connectivity index is 1.23. The van der Waals surface area contributed by atoms with E-state index in [0.29, 0.717) is 37.9 Å². The molecule has 6 aromatic carbocycles. The molecule has 0 radical (unpaired) electrons. The standard InChI is InChI=1S/C50H53O8P3/c1-48(2,35-14-25-41(26-15-35)56-59-7)33-10-21-39(22-11-33)53-46(51)44-32-38(50(5,6)37-18-29-43(30-19-37)58-61-9)20-31-45(44)55-47(52)54-40-23-12-34(13-24-40)49(3,4)36-16-27-42(28-17-36)57-60-8/h10-32,59-61H,1-9H3. The van der Waals surface area contributed by atoms with Crippen LogP contribution in [0.4, 0.5) is 4.79 Å². The molecule has 0 aliphatic carbocycles. The van der Waals surface area contributed by atoms with Crippen LogP contribution in [0.3, 0.4) is 0 Å². The molecule has 0 saturated carbocycles. The number of hydrogen-bond donors (Lipinski definition) is 0. The van der Waals surface area contributed by atoms with Gasteiger partial charge in [0.05, 0.1) is 26.4 Å². The number of rotatable bonds is 16. The van der Waals surface area contributed by atoms with Crippen LogP contribution in [0.5, 0.6) is 34.5 Å². The topological polar surface area (TPSA) is 89.5 Å². The third-order valence-corrected chi connectivity index (χ3v) is 12.4. The Morgan fingerprint density at radius 1 is 0.377 bits per heavy atom.